The molecule has 3 aromatic rings. The molecule has 3 aromatic carbocycles. The van der Waals surface area contributed by atoms with Gasteiger partial charge in [-0.2, -0.15) is 0 Å². The predicted octanol–water partition coefficient (Wildman–Crippen LogP) is 4.01. The van der Waals surface area contributed by atoms with Crippen LogP contribution in [0.3, 0.4) is 0 Å². The molecule has 2 amide bonds. The summed E-state index contributed by atoms with van der Waals surface area (Å²) in [6, 6.07) is 26.3. The summed E-state index contributed by atoms with van der Waals surface area (Å²) < 4.78 is 0. The highest BCUT2D eigenvalue weighted by Gasteiger charge is 2.23. The Labute approximate surface area is 123 Å². The molecule has 21 heavy (non-hydrogen) atoms. The van der Waals surface area contributed by atoms with Crippen molar-refractivity contribution in [2.45, 2.75) is 0 Å². The number of fused-ring (bicyclic) bond motifs is 1. The molecular weight excluding hydrogens is 260 g/mol. The number of hydrogen-bond donors (Lipinski definition) is 1. The Bertz CT molecular complexity index is 675. The lowest BCUT2D eigenvalue weighted by molar-refractivity contribution is 0.235. The summed E-state index contributed by atoms with van der Waals surface area (Å²) in [5.41, 5.74) is 0.955. The molecule has 3 heteroatoms. The van der Waals surface area contributed by atoms with E-state index >= 15 is 0 Å². The van der Waals surface area contributed by atoms with Gasteiger partial charge in [-0.15, -0.1) is 0 Å². The molecule has 0 aliphatic carbocycles. The Kier molecular flexibility index (Phi) is 3.83. The second-order valence-electron chi connectivity index (χ2n) is 4.75. The number of nitrogens with zero attached hydrogens (tertiary/aromatic N) is 1. The van der Waals surface area contributed by atoms with Gasteiger partial charge >= 0.3 is 6.03 Å². The van der Waals surface area contributed by atoms with E-state index < -0.39 is 0 Å². The van der Waals surface area contributed by atoms with E-state index in [0.717, 1.165) is 5.69 Å². The molecule has 1 N–H and O–H groups in total. The number of para-hydroxylation sites is 1. The van der Waals surface area contributed by atoms with E-state index in [1.54, 1.807) is 4.90 Å². The topological polar surface area (TPSA) is 32.3 Å². The summed E-state index contributed by atoms with van der Waals surface area (Å²) in [7, 11) is 0. The summed E-state index contributed by atoms with van der Waals surface area (Å²) in [4.78, 5) is 12.5. The lowest BCUT2D eigenvalue weighted by atomic mass is 10.1. The second-order valence-corrected chi connectivity index (χ2v) is 4.75. The fourth-order valence-electron chi connectivity index (χ4n) is 2.17. The van der Waals surface area contributed by atoms with E-state index in [-0.39, 0.29) is 6.03 Å². The van der Waals surface area contributed by atoms with E-state index in [4.69, 9.17) is 0 Å². The first-order valence-corrected chi connectivity index (χ1v) is 6.89. The van der Waals surface area contributed by atoms with Gasteiger partial charge in [0.15, 0.2) is 0 Å². The Morgan fingerprint density at radius 1 is 0.714 bits per heavy atom. The van der Waals surface area contributed by atoms with Gasteiger partial charge in [-0.25, -0.2) is 4.79 Å². The zero-order valence-electron chi connectivity index (χ0n) is 11.6. The molecular formula is C18H16N2O. The van der Waals surface area contributed by atoms with Crippen LogP contribution >= 0.6 is 0 Å². The molecule has 104 valence electrons. The highest BCUT2D eigenvalue weighted by Crippen LogP contribution is 2.15. The van der Waals surface area contributed by atoms with Crippen molar-refractivity contribution in [2.75, 3.05) is 11.6 Å². The summed E-state index contributed by atoms with van der Waals surface area (Å²) in [6.45, 7) is 0.628. The summed E-state index contributed by atoms with van der Waals surface area (Å²) in [5.74, 6) is 0. The summed E-state index contributed by atoms with van der Waals surface area (Å²) in [5, 5.41) is 5.26. The number of carbonyl (C=O) groups is 1. The monoisotopic (exact) mass is 276 g/mol. The lowest BCUT2D eigenvalue weighted by Gasteiger charge is -2.31. The van der Waals surface area contributed by atoms with Gasteiger partial charge in [0.25, 0.3) is 0 Å². The SMILES string of the molecule is O=C1NCN1c1ccccc1.c1ccc2ccccc2c1. The van der Waals surface area contributed by atoms with Crippen LogP contribution in [0, 0.1) is 0 Å². The number of amides is 2. The van der Waals surface area contributed by atoms with Gasteiger partial charge in [-0.05, 0) is 22.9 Å². The minimum Gasteiger partial charge on any atom is -0.320 e. The molecule has 0 aromatic heterocycles. The predicted molar refractivity (Wildman–Crippen MR) is 86.3 cm³/mol. The van der Waals surface area contributed by atoms with Crippen LogP contribution < -0.4 is 10.2 Å². The van der Waals surface area contributed by atoms with Gasteiger partial charge in [0.1, 0.15) is 6.67 Å². The zero-order valence-corrected chi connectivity index (χ0v) is 11.6. The van der Waals surface area contributed by atoms with Crippen LogP contribution in [0.5, 0.6) is 0 Å². The van der Waals surface area contributed by atoms with Crippen LogP contribution in [0.15, 0.2) is 78.9 Å². The van der Waals surface area contributed by atoms with Crippen LogP contribution in [0.2, 0.25) is 0 Å². The van der Waals surface area contributed by atoms with Crippen LogP contribution in [-0.2, 0) is 0 Å². The molecule has 0 radical (unpaired) electrons. The number of carbonyl (C=O) groups excluding carboxylic acids is 1. The molecule has 0 spiro atoms. The van der Waals surface area contributed by atoms with E-state index in [1.165, 1.54) is 10.8 Å². The highest BCUT2D eigenvalue weighted by molar-refractivity contribution is 5.97. The fraction of sp³-hybridized carbons (Fsp3) is 0.0556. The average molecular weight is 276 g/mol. The molecule has 0 unspecified atom stereocenters. The molecule has 1 aliphatic heterocycles. The van der Waals surface area contributed by atoms with Crippen molar-refractivity contribution >= 4 is 22.5 Å². The van der Waals surface area contributed by atoms with E-state index in [1.807, 2.05) is 30.3 Å². The molecule has 0 atom stereocenters. The molecule has 1 aliphatic rings. The highest BCUT2D eigenvalue weighted by atomic mass is 16.2. The van der Waals surface area contributed by atoms with Crippen molar-refractivity contribution in [1.29, 1.82) is 0 Å². The normalized spacial score (nSPS) is 13.0. The molecule has 1 heterocycles. The van der Waals surface area contributed by atoms with Gasteiger partial charge < -0.3 is 5.32 Å². The third kappa shape index (κ3) is 3.03. The standard InChI is InChI=1S/C10H8.C8H8N2O/c1-2-6-10-8-4-3-7-9(10)5-1;11-8-9-6-10(8)7-4-2-1-3-5-7/h1-8H;1-5H,6H2,(H,9,11). The van der Waals surface area contributed by atoms with Crippen LogP contribution in [-0.4, -0.2) is 12.7 Å². The smallest absolute Gasteiger partial charge is 0.320 e. The Morgan fingerprint density at radius 2 is 1.19 bits per heavy atom. The molecule has 4 rings (SSSR count). The Morgan fingerprint density at radius 3 is 1.57 bits per heavy atom. The minimum absolute atomic E-state index is 0.0174. The van der Waals surface area contributed by atoms with Crippen LogP contribution in [0.25, 0.3) is 10.8 Å². The van der Waals surface area contributed by atoms with E-state index in [9.17, 15) is 4.79 Å². The van der Waals surface area contributed by atoms with E-state index in [2.05, 4.69) is 53.8 Å². The quantitative estimate of drug-likeness (QED) is 0.715. The first-order valence-electron chi connectivity index (χ1n) is 6.89. The minimum atomic E-state index is -0.0174. The molecule has 0 saturated carbocycles. The second kappa shape index (κ2) is 6.09. The van der Waals surface area contributed by atoms with Crippen molar-refractivity contribution in [3.63, 3.8) is 0 Å². The van der Waals surface area contributed by atoms with Crippen molar-refractivity contribution in [3.05, 3.63) is 78.9 Å². The maximum atomic E-state index is 10.8. The number of nitrogens with one attached hydrogen (secondary N) is 1. The largest absolute Gasteiger partial charge is 0.324 e. The zero-order chi connectivity index (χ0) is 14.5. The maximum absolute atomic E-state index is 10.8. The van der Waals surface area contributed by atoms with Gasteiger partial charge in [-0.1, -0.05) is 66.7 Å². The third-order valence-electron chi connectivity index (χ3n) is 3.36. The Hall–Kier alpha value is -2.81. The summed E-state index contributed by atoms with van der Waals surface area (Å²) in [6.07, 6.45) is 0. The van der Waals surface area contributed by atoms with Gasteiger partial charge in [-0.3, -0.25) is 4.90 Å². The van der Waals surface area contributed by atoms with Crippen LogP contribution in [0.4, 0.5) is 10.5 Å². The first-order chi connectivity index (χ1) is 10.3. The number of hydrogen-bond acceptors (Lipinski definition) is 1. The van der Waals surface area contributed by atoms with Gasteiger partial charge in [0.2, 0.25) is 0 Å². The van der Waals surface area contributed by atoms with Crippen LogP contribution in [0.1, 0.15) is 0 Å². The third-order valence-corrected chi connectivity index (χ3v) is 3.36. The lowest BCUT2D eigenvalue weighted by Crippen LogP contribution is -2.57. The molecule has 3 nitrogen and oxygen atoms in total. The van der Waals surface area contributed by atoms with Crippen molar-refractivity contribution in [2.24, 2.45) is 0 Å². The van der Waals surface area contributed by atoms with Crippen molar-refractivity contribution in [3.8, 4) is 0 Å². The van der Waals surface area contributed by atoms with Crippen molar-refractivity contribution < 1.29 is 4.79 Å². The maximum Gasteiger partial charge on any atom is 0.324 e. The van der Waals surface area contributed by atoms with E-state index in [0.29, 0.717) is 6.67 Å². The summed E-state index contributed by atoms with van der Waals surface area (Å²) >= 11 is 0. The average Bonchev–Trinajstić information content (AvgIpc) is 2.55. The number of rotatable bonds is 1. The van der Waals surface area contributed by atoms with Gasteiger partial charge in [0.05, 0.1) is 0 Å². The van der Waals surface area contributed by atoms with Gasteiger partial charge in [0, 0.05) is 5.69 Å². The number of anilines is 1. The number of benzene rings is 3. The molecule has 1 fully saturated rings. The first kappa shape index (κ1) is 13.2. The fourth-order valence-corrected chi connectivity index (χ4v) is 2.17. The molecule has 0 bridgehead atoms. The Balaban J connectivity index is 0.000000126. The number of urea groups is 1. The van der Waals surface area contributed by atoms with Crippen molar-refractivity contribution in [1.82, 2.24) is 5.32 Å². The molecule has 1 saturated heterocycles.